The zero-order valence-electron chi connectivity index (χ0n) is 13.7. The number of amides is 1. The van der Waals surface area contributed by atoms with Crippen molar-refractivity contribution < 1.29 is 22.7 Å². The summed E-state index contributed by atoms with van der Waals surface area (Å²) >= 11 is 1.36. The van der Waals surface area contributed by atoms with Crippen molar-refractivity contribution in [1.82, 2.24) is 9.38 Å². The smallest absolute Gasteiger partial charge is 0.416 e. The fourth-order valence-electron chi connectivity index (χ4n) is 1.95. The van der Waals surface area contributed by atoms with Crippen LogP contribution >= 0.6 is 11.8 Å². The van der Waals surface area contributed by atoms with E-state index in [4.69, 9.17) is 4.74 Å². The summed E-state index contributed by atoms with van der Waals surface area (Å²) in [6, 6.07) is 1.92. The number of ether oxygens (including phenoxy) is 1. The number of hydrogen-bond acceptors (Lipinski definition) is 4. The minimum Gasteiger partial charge on any atom is -0.444 e. The number of aromatic nitrogens is 2. The standard InChI is InChI=1S/C15H18F3N3O2S/c1-5-24-12-11(20-13(22)23-14(2,3)4)19-10-8-9(15(16,17)18)6-7-21(10)12/h6-8H,5H2,1-4H3,(H,20,22). The molecule has 0 saturated carbocycles. The molecule has 0 aliphatic carbocycles. The van der Waals surface area contributed by atoms with Gasteiger partial charge >= 0.3 is 12.3 Å². The van der Waals surface area contributed by atoms with Crippen LogP contribution in [0.25, 0.3) is 5.65 Å². The van der Waals surface area contributed by atoms with Crippen LogP contribution in [-0.2, 0) is 10.9 Å². The van der Waals surface area contributed by atoms with Gasteiger partial charge < -0.3 is 4.74 Å². The maximum atomic E-state index is 12.8. The lowest BCUT2D eigenvalue weighted by atomic mass is 10.2. The van der Waals surface area contributed by atoms with Crippen molar-refractivity contribution in [3.05, 3.63) is 23.9 Å². The molecule has 24 heavy (non-hydrogen) atoms. The topological polar surface area (TPSA) is 55.6 Å². The lowest BCUT2D eigenvalue weighted by Crippen LogP contribution is -2.27. The Morgan fingerprint density at radius 2 is 2.04 bits per heavy atom. The average molecular weight is 361 g/mol. The number of carbonyl (C=O) groups excluding carboxylic acids is 1. The van der Waals surface area contributed by atoms with Crippen molar-refractivity contribution in [1.29, 1.82) is 0 Å². The molecule has 0 atom stereocenters. The quantitative estimate of drug-likeness (QED) is 0.797. The van der Waals surface area contributed by atoms with Crippen molar-refractivity contribution in [2.45, 2.75) is 44.5 Å². The number of thioether (sulfide) groups is 1. The first-order valence-electron chi connectivity index (χ1n) is 7.23. The van der Waals surface area contributed by atoms with E-state index in [1.165, 1.54) is 22.4 Å². The molecule has 0 unspecified atom stereocenters. The Bertz CT molecular complexity index is 751. The molecule has 1 amide bonds. The van der Waals surface area contributed by atoms with E-state index in [9.17, 15) is 18.0 Å². The maximum Gasteiger partial charge on any atom is 0.416 e. The average Bonchev–Trinajstić information content (AvgIpc) is 2.73. The molecule has 9 heteroatoms. The molecular formula is C15H18F3N3O2S. The molecule has 0 fully saturated rings. The van der Waals surface area contributed by atoms with Crippen LogP contribution in [-0.4, -0.2) is 26.8 Å². The van der Waals surface area contributed by atoms with Crippen molar-refractivity contribution in [3.63, 3.8) is 0 Å². The summed E-state index contributed by atoms with van der Waals surface area (Å²) in [6.07, 6.45) is -3.87. The van der Waals surface area contributed by atoms with Gasteiger partial charge in [0.2, 0.25) is 0 Å². The highest BCUT2D eigenvalue weighted by molar-refractivity contribution is 7.99. The van der Waals surface area contributed by atoms with Gasteiger partial charge in [-0.15, -0.1) is 11.8 Å². The van der Waals surface area contributed by atoms with Crippen molar-refractivity contribution >= 4 is 29.3 Å². The van der Waals surface area contributed by atoms with E-state index in [2.05, 4.69) is 10.3 Å². The van der Waals surface area contributed by atoms with Crippen LogP contribution < -0.4 is 5.32 Å². The highest BCUT2D eigenvalue weighted by Crippen LogP contribution is 2.33. The minimum absolute atomic E-state index is 0.104. The SMILES string of the molecule is CCSc1c(NC(=O)OC(C)(C)C)nc2cc(C(F)(F)F)ccn12. The number of pyridine rings is 1. The molecular weight excluding hydrogens is 343 g/mol. The van der Waals surface area contributed by atoms with Gasteiger partial charge in [0.25, 0.3) is 0 Å². The van der Waals surface area contributed by atoms with E-state index >= 15 is 0 Å². The van der Waals surface area contributed by atoms with Gasteiger partial charge in [-0.05, 0) is 38.7 Å². The second kappa shape index (κ2) is 6.54. The van der Waals surface area contributed by atoms with Gasteiger partial charge in [0.15, 0.2) is 5.82 Å². The van der Waals surface area contributed by atoms with Gasteiger partial charge in [0, 0.05) is 6.20 Å². The third-order valence-corrected chi connectivity index (χ3v) is 3.76. The lowest BCUT2D eigenvalue weighted by molar-refractivity contribution is -0.137. The van der Waals surface area contributed by atoms with Gasteiger partial charge in [-0.2, -0.15) is 13.2 Å². The number of nitrogens with one attached hydrogen (secondary N) is 1. The van der Waals surface area contributed by atoms with Crippen LogP contribution in [0.5, 0.6) is 0 Å². The van der Waals surface area contributed by atoms with Crippen LogP contribution in [0.2, 0.25) is 0 Å². The zero-order valence-corrected chi connectivity index (χ0v) is 14.5. The van der Waals surface area contributed by atoms with Crippen LogP contribution in [0.3, 0.4) is 0 Å². The first-order chi connectivity index (χ1) is 11.0. The van der Waals surface area contributed by atoms with Gasteiger partial charge in [-0.3, -0.25) is 9.72 Å². The Morgan fingerprint density at radius 3 is 2.58 bits per heavy atom. The molecule has 0 saturated heterocycles. The predicted molar refractivity (Wildman–Crippen MR) is 86.4 cm³/mol. The zero-order chi connectivity index (χ0) is 18.1. The molecule has 0 spiro atoms. The fourth-order valence-corrected chi connectivity index (χ4v) is 2.76. The van der Waals surface area contributed by atoms with Crippen LogP contribution in [0, 0.1) is 0 Å². The largest absolute Gasteiger partial charge is 0.444 e. The number of imidazole rings is 1. The minimum atomic E-state index is -4.45. The summed E-state index contributed by atoms with van der Waals surface area (Å²) in [6.45, 7) is 7.04. The summed E-state index contributed by atoms with van der Waals surface area (Å²) < 4.78 is 45.2. The predicted octanol–water partition coefficient (Wildman–Crippen LogP) is 4.81. The number of halogens is 3. The molecule has 2 aromatic heterocycles. The second-order valence-electron chi connectivity index (χ2n) is 5.97. The number of hydrogen-bond donors (Lipinski definition) is 1. The molecule has 2 heterocycles. The Labute approximate surface area is 141 Å². The molecule has 1 N–H and O–H groups in total. The van der Waals surface area contributed by atoms with Gasteiger partial charge in [-0.25, -0.2) is 9.78 Å². The van der Waals surface area contributed by atoms with E-state index in [0.29, 0.717) is 10.8 Å². The fraction of sp³-hybridized carbons (Fsp3) is 0.467. The van der Waals surface area contributed by atoms with E-state index in [1.807, 2.05) is 6.92 Å². The number of fused-ring (bicyclic) bond motifs is 1. The monoisotopic (exact) mass is 361 g/mol. The maximum absolute atomic E-state index is 12.8. The van der Waals surface area contributed by atoms with Crippen LogP contribution in [0.15, 0.2) is 23.4 Å². The molecule has 0 aromatic carbocycles. The number of nitrogens with zero attached hydrogens (tertiary/aromatic N) is 2. The van der Waals surface area contributed by atoms with E-state index < -0.39 is 23.4 Å². The molecule has 0 radical (unpaired) electrons. The lowest BCUT2D eigenvalue weighted by Gasteiger charge is -2.19. The molecule has 2 aromatic rings. The highest BCUT2D eigenvalue weighted by atomic mass is 32.2. The summed E-state index contributed by atoms with van der Waals surface area (Å²) in [5, 5.41) is 3.05. The molecule has 132 valence electrons. The molecule has 0 aliphatic heterocycles. The van der Waals surface area contributed by atoms with Gasteiger partial charge in [-0.1, -0.05) is 6.92 Å². The second-order valence-corrected chi connectivity index (χ2v) is 7.22. The number of rotatable bonds is 3. The summed E-state index contributed by atoms with van der Waals surface area (Å²) in [7, 11) is 0. The first kappa shape index (κ1) is 18.4. The molecule has 0 aliphatic rings. The van der Waals surface area contributed by atoms with Crippen molar-refractivity contribution in [3.8, 4) is 0 Å². The summed E-state index contributed by atoms with van der Waals surface area (Å²) in [5.74, 6) is 0.841. The molecule has 2 rings (SSSR count). The first-order valence-corrected chi connectivity index (χ1v) is 8.22. The van der Waals surface area contributed by atoms with Gasteiger partial charge in [0.05, 0.1) is 5.56 Å². The number of alkyl halides is 3. The third kappa shape index (κ3) is 4.34. The van der Waals surface area contributed by atoms with E-state index in [1.54, 1.807) is 20.8 Å². The number of anilines is 1. The summed E-state index contributed by atoms with van der Waals surface area (Å²) in [4.78, 5) is 16.0. The van der Waals surface area contributed by atoms with E-state index in [-0.39, 0.29) is 11.5 Å². The van der Waals surface area contributed by atoms with Crippen molar-refractivity contribution in [2.24, 2.45) is 0 Å². The third-order valence-electron chi connectivity index (χ3n) is 2.81. The molecule has 5 nitrogen and oxygen atoms in total. The Hall–Kier alpha value is -1.90. The Kier molecular flexibility index (Phi) is 5.03. The van der Waals surface area contributed by atoms with Gasteiger partial charge in [0.1, 0.15) is 16.3 Å². The molecule has 0 bridgehead atoms. The normalized spacial score (nSPS) is 12.5. The Balaban J connectivity index is 2.41. The van der Waals surface area contributed by atoms with E-state index in [0.717, 1.165) is 12.1 Å². The van der Waals surface area contributed by atoms with Crippen molar-refractivity contribution in [2.75, 3.05) is 11.1 Å². The highest BCUT2D eigenvalue weighted by Gasteiger charge is 2.31. The number of carbonyl (C=O) groups is 1. The van der Waals surface area contributed by atoms with Crippen LogP contribution in [0.4, 0.5) is 23.8 Å². The summed E-state index contributed by atoms with van der Waals surface area (Å²) in [5.41, 5.74) is -1.38. The Morgan fingerprint density at radius 1 is 1.38 bits per heavy atom. The van der Waals surface area contributed by atoms with Crippen LogP contribution in [0.1, 0.15) is 33.3 Å².